The fraction of sp³-hybridized carbons (Fsp3) is 0.462. The maximum absolute atomic E-state index is 11.9. The van der Waals surface area contributed by atoms with Crippen LogP contribution in [0.1, 0.15) is 12.8 Å². The predicted octanol–water partition coefficient (Wildman–Crippen LogP) is 0.957. The number of benzene rings is 1. The van der Waals surface area contributed by atoms with Gasteiger partial charge in [-0.2, -0.15) is 0 Å². The summed E-state index contributed by atoms with van der Waals surface area (Å²) in [5.74, 6) is -0.203. The molecule has 20 heavy (non-hydrogen) atoms. The van der Waals surface area contributed by atoms with Gasteiger partial charge in [-0.3, -0.25) is 14.9 Å². The smallest absolute Gasteiger partial charge is 0.310 e. The van der Waals surface area contributed by atoms with Crippen molar-refractivity contribution in [3.05, 3.63) is 34.4 Å². The van der Waals surface area contributed by atoms with Crippen LogP contribution in [0.2, 0.25) is 0 Å². The van der Waals surface area contributed by atoms with Crippen LogP contribution in [0, 0.1) is 10.1 Å². The maximum atomic E-state index is 11.9. The van der Waals surface area contributed by atoms with Gasteiger partial charge in [0.25, 0.3) is 5.91 Å². The SMILES string of the molecule is O=C(COc1ccccc1[N+](=O)[O-])N1CCCC(O)C1. The number of ether oxygens (including phenoxy) is 1. The molecule has 1 aromatic rings. The molecule has 1 aromatic carbocycles. The van der Waals surface area contributed by atoms with Crippen LogP contribution in [0.3, 0.4) is 0 Å². The number of piperidine rings is 1. The molecular formula is C13H16N2O5. The topological polar surface area (TPSA) is 92.9 Å². The number of rotatable bonds is 4. The Bertz CT molecular complexity index is 505. The summed E-state index contributed by atoms with van der Waals surface area (Å²) in [4.78, 5) is 23.7. The van der Waals surface area contributed by atoms with E-state index in [0.29, 0.717) is 19.5 Å². The Morgan fingerprint density at radius 3 is 2.95 bits per heavy atom. The zero-order valence-electron chi connectivity index (χ0n) is 10.9. The Hall–Kier alpha value is -2.15. The number of para-hydroxylation sites is 2. The van der Waals surface area contributed by atoms with Gasteiger partial charge in [-0.15, -0.1) is 0 Å². The van der Waals surface area contributed by atoms with Crippen LogP contribution < -0.4 is 4.74 Å². The number of β-amino-alcohol motifs (C(OH)–C–C–N with tert-alkyl or cyclic N) is 1. The van der Waals surface area contributed by atoms with Gasteiger partial charge >= 0.3 is 5.69 Å². The molecule has 1 atom stereocenters. The summed E-state index contributed by atoms with van der Waals surface area (Å²) in [6.07, 6.45) is 0.937. The number of likely N-dealkylation sites (tertiary alicyclic amines) is 1. The van der Waals surface area contributed by atoms with Crippen molar-refractivity contribution >= 4 is 11.6 Å². The molecule has 0 bridgehead atoms. The zero-order chi connectivity index (χ0) is 14.5. The Balaban J connectivity index is 1.95. The van der Waals surface area contributed by atoms with E-state index in [-0.39, 0.29) is 24.0 Å². The first-order valence-electron chi connectivity index (χ1n) is 6.40. The van der Waals surface area contributed by atoms with Gasteiger partial charge in [-0.1, -0.05) is 12.1 Å². The standard InChI is InChI=1S/C13H16N2O5/c16-10-4-3-7-14(8-10)13(17)9-20-12-6-2-1-5-11(12)15(18)19/h1-2,5-6,10,16H,3-4,7-9H2. The number of nitro groups is 1. The summed E-state index contributed by atoms with van der Waals surface area (Å²) in [6.45, 7) is 0.604. The first-order valence-corrected chi connectivity index (χ1v) is 6.40. The van der Waals surface area contributed by atoms with Gasteiger partial charge in [-0.05, 0) is 18.9 Å². The molecule has 7 heteroatoms. The number of carbonyl (C=O) groups is 1. The molecule has 1 fully saturated rings. The van der Waals surface area contributed by atoms with Crippen molar-refractivity contribution in [1.29, 1.82) is 0 Å². The summed E-state index contributed by atoms with van der Waals surface area (Å²) in [5, 5.41) is 20.3. The maximum Gasteiger partial charge on any atom is 0.310 e. The van der Waals surface area contributed by atoms with E-state index < -0.39 is 11.0 Å². The molecule has 0 spiro atoms. The Labute approximate surface area is 115 Å². The second kappa shape index (κ2) is 6.33. The van der Waals surface area contributed by atoms with Crippen molar-refractivity contribution in [2.24, 2.45) is 0 Å². The molecule has 2 rings (SSSR count). The summed E-state index contributed by atoms with van der Waals surface area (Å²) in [7, 11) is 0. The minimum absolute atomic E-state index is 0.0726. The lowest BCUT2D eigenvalue weighted by atomic mass is 10.1. The molecule has 108 valence electrons. The number of hydrogen-bond acceptors (Lipinski definition) is 5. The highest BCUT2D eigenvalue weighted by Crippen LogP contribution is 2.25. The van der Waals surface area contributed by atoms with Gasteiger partial charge in [0.1, 0.15) is 0 Å². The van der Waals surface area contributed by atoms with E-state index in [4.69, 9.17) is 4.74 Å². The van der Waals surface area contributed by atoms with E-state index in [1.807, 2.05) is 0 Å². The van der Waals surface area contributed by atoms with E-state index in [0.717, 1.165) is 6.42 Å². The van der Waals surface area contributed by atoms with Gasteiger partial charge in [0.2, 0.25) is 0 Å². The van der Waals surface area contributed by atoms with Gasteiger partial charge < -0.3 is 14.7 Å². The first-order chi connectivity index (χ1) is 9.58. The number of nitro benzene ring substituents is 1. The van der Waals surface area contributed by atoms with Crippen molar-refractivity contribution in [2.75, 3.05) is 19.7 Å². The molecule has 1 amide bonds. The minimum atomic E-state index is -0.551. The summed E-state index contributed by atoms with van der Waals surface area (Å²) in [5.41, 5.74) is -0.168. The number of aliphatic hydroxyl groups is 1. The second-order valence-electron chi connectivity index (χ2n) is 4.65. The highest BCUT2D eigenvalue weighted by molar-refractivity contribution is 5.78. The largest absolute Gasteiger partial charge is 0.477 e. The Morgan fingerprint density at radius 1 is 1.50 bits per heavy atom. The molecule has 1 aliphatic rings. The average Bonchev–Trinajstić information content (AvgIpc) is 2.45. The fourth-order valence-electron chi connectivity index (χ4n) is 2.14. The highest BCUT2D eigenvalue weighted by Gasteiger charge is 2.23. The highest BCUT2D eigenvalue weighted by atomic mass is 16.6. The zero-order valence-corrected chi connectivity index (χ0v) is 10.9. The quantitative estimate of drug-likeness (QED) is 0.655. The number of hydrogen-bond donors (Lipinski definition) is 1. The van der Waals surface area contributed by atoms with Crippen LogP contribution in [-0.2, 0) is 4.79 Å². The lowest BCUT2D eigenvalue weighted by Crippen LogP contribution is -2.44. The second-order valence-corrected chi connectivity index (χ2v) is 4.65. The van der Waals surface area contributed by atoms with E-state index >= 15 is 0 Å². The van der Waals surface area contributed by atoms with Crippen molar-refractivity contribution < 1.29 is 19.6 Å². The number of amides is 1. The third kappa shape index (κ3) is 3.45. The van der Waals surface area contributed by atoms with Crippen molar-refractivity contribution in [3.63, 3.8) is 0 Å². The molecular weight excluding hydrogens is 264 g/mol. The van der Waals surface area contributed by atoms with Crippen LogP contribution in [0.5, 0.6) is 5.75 Å². The summed E-state index contributed by atoms with van der Waals surface area (Å²) >= 11 is 0. The van der Waals surface area contributed by atoms with Gasteiger partial charge in [0, 0.05) is 19.2 Å². The molecule has 7 nitrogen and oxygen atoms in total. The molecule has 0 aromatic heterocycles. The normalized spacial score (nSPS) is 18.6. The Morgan fingerprint density at radius 2 is 2.25 bits per heavy atom. The number of carbonyl (C=O) groups excluding carboxylic acids is 1. The van der Waals surface area contributed by atoms with Crippen LogP contribution >= 0.6 is 0 Å². The fourth-order valence-corrected chi connectivity index (χ4v) is 2.14. The molecule has 0 aliphatic carbocycles. The van der Waals surface area contributed by atoms with Crippen molar-refractivity contribution in [3.8, 4) is 5.75 Å². The van der Waals surface area contributed by atoms with E-state index in [1.165, 1.54) is 23.1 Å². The first kappa shape index (κ1) is 14.3. The minimum Gasteiger partial charge on any atom is -0.477 e. The van der Waals surface area contributed by atoms with Crippen LogP contribution in [-0.4, -0.2) is 46.6 Å². The summed E-state index contributed by atoms with van der Waals surface area (Å²) < 4.78 is 5.23. The van der Waals surface area contributed by atoms with Crippen LogP contribution in [0.15, 0.2) is 24.3 Å². The predicted molar refractivity (Wildman–Crippen MR) is 70.4 cm³/mol. The Kier molecular flexibility index (Phi) is 4.52. The van der Waals surface area contributed by atoms with Gasteiger partial charge in [0.05, 0.1) is 11.0 Å². The molecule has 1 aliphatic heterocycles. The molecule has 1 unspecified atom stereocenters. The molecule has 0 saturated carbocycles. The molecule has 0 radical (unpaired) electrons. The average molecular weight is 280 g/mol. The van der Waals surface area contributed by atoms with Gasteiger partial charge in [-0.25, -0.2) is 0 Å². The summed E-state index contributed by atoms with van der Waals surface area (Å²) in [6, 6.07) is 5.92. The lowest BCUT2D eigenvalue weighted by Gasteiger charge is -2.29. The third-order valence-electron chi connectivity index (χ3n) is 3.16. The molecule has 1 N–H and O–H groups in total. The van der Waals surface area contributed by atoms with E-state index in [2.05, 4.69) is 0 Å². The lowest BCUT2D eigenvalue weighted by molar-refractivity contribution is -0.385. The third-order valence-corrected chi connectivity index (χ3v) is 3.16. The molecule has 1 heterocycles. The number of nitrogens with zero attached hydrogens (tertiary/aromatic N) is 2. The van der Waals surface area contributed by atoms with E-state index in [9.17, 15) is 20.0 Å². The van der Waals surface area contributed by atoms with Crippen LogP contribution in [0.25, 0.3) is 0 Å². The van der Waals surface area contributed by atoms with Crippen molar-refractivity contribution in [1.82, 2.24) is 4.90 Å². The van der Waals surface area contributed by atoms with Gasteiger partial charge in [0.15, 0.2) is 12.4 Å². The monoisotopic (exact) mass is 280 g/mol. The molecule has 1 saturated heterocycles. The number of aliphatic hydroxyl groups excluding tert-OH is 1. The van der Waals surface area contributed by atoms with E-state index in [1.54, 1.807) is 6.07 Å². The van der Waals surface area contributed by atoms with Crippen LogP contribution in [0.4, 0.5) is 5.69 Å². The van der Waals surface area contributed by atoms with Crippen molar-refractivity contribution in [2.45, 2.75) is 18.9 Å².